The number of nitrogens with zero attached hydrogens (tertiary/aromatic N) is 1. The van der Waals surface area contributed by atoms with Gasteiger partial charge in [0, 0.05) is 25.3 Å². The van der Waals surface area contributed by atoms with Crippen molar-refractivity contribution in [2.24, 2.45) is 0 Å². The number of nitrogens with one attached hydrogen (secondary N) is 2. The van der Waals surface area contributed by atoms with Crippen LogP contribution in [-0.4, -0.2) is 56.9 Å². The monoisotopic (exact) mass is 345 g/mol. The van der Waals surface area contributed by atoms with Crippen LogP contribution in [0.1, 0.15) is 17.2 Å². The number of esters is 1. The van der Waals surface area contributed by atoms with Gasteiger partial charge in [-0.2, -0.15) is 0 Å². The molecule has 2 aliphatic rings. The lowest BCUT2D eigenvalue weighted by molar-refractivity contribution is -0.136. The number of morpholine rings is 1. The largest absolute Gasteiger partial charge is 0.466 e. The maximum atomic E-state index is 12.5. The summed E-state index contributed by atoms with van der Waals surface area (Å²) in [7, 11) is 1.35. The lowest BCUT2D eigenvalue weighted by Gasteiger charge is -2.33. The molecule has 1 aromatic carbocycles. The Bertz CT molecular complexity index is 678. The van der Waals surface area contributed by atoms with E-state index in [0.717, 1.165) is 24.2 Å². The third-order valence-corrected chi connectivity index (χ3v) is 4.46. The highest BCUT2D eigenvalue weighted by atomic mass is 16.5. The minimum Gasteiger partial charge on any atom is -0.466 e. The number of hydrogen-bond acceptors (Lipinski definition) is 5. The zero-order chi connectivity index (χ0) is 17.8. The second-order valence-corrected chi connectivity index (χ2v) is 6.21. The lowest BCUT2D eigenvalue weighted by atomic mass is 9.94. The van der Waals surface area contributed by atoms with E-state index in [1.807, 2.05) is 31.2 Å². The van der Waals surface area contributed by atoms with Crippen LogP contribution in [0.3, 0.4) is 0 Å². The third kappa shape index (κ3) is 4.00. The van der Waals surface area contributed by atoms with Crippen molar-refractivity contribution in [2.75, 3.05) is 40.0 Å². The van der Waals surface area contributed by atoms with Gasteiger partial charge in [0.2, 0.25) is 0 Å². The fourth-order valence-corrected chi connectivity index (χ4v) is 3.09. The molecule has 0 radical (unpaired) electrons. The molecule has 134 valence electrons. The summed E-state index contributed by atoms with van der Waals surface area (Å²) in [5.74, 6) is -0.443. The standard InChI is InChI=1S/C18H23N3O4/c1-12-3-5-13(6-4-12)16-15(17(22)24-2)14(19-18(23)20-16)11-21-7-9-25-10-8-21/h3-6,16H,7-11H2,1-2H3,(H2,19,20,23)/t16-/m1/s1. The van der Waals surface area contributed by atoms with Gasteiger partial charge < -0.3 is 20.1 Å². The smallest absolute Gasteiger partial charge is 0.338 e. The molecular formula is C18H23N3O4. The Morgan fingerprint density at radius 3 is 2.60 bits per heavy atom. The van der Waals surface area contributed by atoms with Crippen LogP contribution in [0, 0.1) is 6.92 Å². The third-order valence-electron chi connectivity index (χ3n) is 4.46. The molecule has 0 aromatic heterocycles. The van der Waals surface area contributed by atoms with E-state index in [0.29, 0.717) is 31.0 Å². The van der Waals surface area contributed by atoms with E-state index in [-0.39, 0.29) is 6.03 Å². The van der Waals surface area contributed by atoms with Gasteiger partial charge in [-0.05, 0) is 12.5 Å². The molecule has 3 rings (SSSR count). The number of benzene rings is 1. The Labute approximate surface area is 147 Å². The van der Waals surface area contributed by atoms with Gasteiger partial charge in [0.1, 0.15) is 0 Å². The highest BCUT2D eigenvalue weighted by molar-refractivity contribution is 5.95. The molecular weight excluding hydrogens is 322 g/mol. The summed E-state index contributed by atoms with van der Waals surface area (Å²) >= 11 is 0. The molecule has 2 aliphatic heterocycles. The molecule has 0 unspecified atom stereocenters. The average molecular weight is 345 g/mol. The number of amides is 2. The molecule has 1 saturated heterocycles. The van der Waals surface area contributed by atoms with Crippen molar-refractivity contribution in [3.63, 3.8) is 0 Å². The molecule has 0 aliphatic carbocycles. The number of aryl methyl sites for hydroxylation is 1. The first-order chi connectivity index (χ1) is 12.1. The number of rotatable bonds is 4. The van der Waals surface area contributed by atoms with Crippen LogP contribution < -0.4 is 10.6 Å². The zero-order valence-corrected chi connectivity index (χ0v) is 14.5. The molecule has 2 amide bonds. The van der Waals surface area contributed by atoms with Crippen molar-refractivity contribution in [3.05, 3.63) is 46.7 Å². The van der Waals surface area contributed by atoms with Gasteiger partial charge in [0.25, 0.3) is 0 Å². The van der Waals surface area contributed by atoms with Crippen molar-refractivity contribution >= 4 is 12.0 Å². The van der Waals surface area contributed by atoms with Gasteiger partial charge in [-0.15, -0.1) is 0 Å². The molecule has 0 spiro atoms. The molecule has 7 heteroatoms. The Morgan fingerprint density at radius 2 is 1.96 bits per heavy atom. The predicted molar refractivity (Wildman–Crippen MR) is 91.9 cm³/mol. The van der Waals surface area contributed by atoms with E-state index >= 15 is 0 Å². The summed E-state index contributed by atoms with van der Waals surface area (Å²) in [6.07, 6.45) is 0. The van der Waals surface area contributed by atoms with Crippen LogP contribution >= 0.6 is 0 Å². The topological polar surface area (TPSA) is 79.9 Å². The van der Waals surface area contributed by atoms with E-state index in [1.165, 1.54) is 7.11 Å². The molecule has 0 bridgehead atoms. The molecule has 25 heavy (non-hydrogen) atoms. The molecule has 2 heterocycles. The summed E-state index contributed by atoms with van der Waals surface area (Å²) < 4.78 is 10.3. The minimum absolute atomic E-state index is 0.318. The van der Waals surface area contributed by atoms with Crippen LogP contribution in [-0.2, 0) is 14.3 Å². The van der Waals surface area contributed by atoms with Crippen molar-refractivity contribution in [2.45, 2.75) is 13.0 Å². The van der Waals surface area contributed by atoms with Gasteiger partial charge in [0.05, 0.1) is 31.9 Å². The van der Waals surface area contributed by atoms with Crippen molar-refractivity contribution < 1.29 is 19.1 Å². The first kappa shape index (κ1) is 17.4. The fraction of sp³-hybridized carbons (Fsp3) is 0.444. The summed E-state index contributed by atoms with van der Waals surface area (Å²) in [4.78, 5) is 26.8. The minimum atomic E-state index is -0.530. The van der Waals surface area contributed by atoms with E-state index in [1.54, 1.807) is 0 Å². The molecule has 1 aromatic rings. The molecule has 1 fully saturated rings. The maximum absolute atomic E-state index is 12.5. The normalized spacial score (nSPS) is 21.5. The maximum Gasteiger partial charge on any atom is 0.338 e. The van der Waals surface area contributed by atoms with Crippen LogP contribution in [0.5, 0.6) is 0 Å². The summed E-state index contributed by atoms with van der Waals surface area (Å²) in [6.45, 7) is 5.28. The quantitative estimate of drug-likeness (QED) is 0.799. The number of urea groups is 1. The first-order valence-corrected chi connectivity index (χ1v) is 8.34. The Balaban J connectivity index is 1.96. The number of methoxy groups -OCH3 is 1. The molecule has 0 saturated carbocycles. The molecule has 7 nitrogen and oxygen atoms in total. The van der Waals surface area contributed by atoms with E-state index < -0.39 is 12.0 Å². The van der Waals surface area contributed by atoms with E-state index in [9.17, 15) is 9.59 Å². The zero-order valence-electron chi connectivity index (χ0n) is 14.5. The van der Waals surface area contributed by atoms with Crippen molar-refractivity contribution in [1.29, 1.82) is 0 Å². The first-order valence-electron chi connectivity index (χ1n) is 8.34. The van der Waals surface area contributed by atoms with Crippen LogP contribution in [0.4, 0.5) is 4.79 Å². The highest BCUT2D eigenvalue weighted by Crippen LogP contribution is 2.28. The van der Waals surface area contributed by atoms with Crippen LogP contribution in [0.25, 0.3) is 0 Å². The lowest BCUT2D eigenvalue weighted by Crippen LogP contribution is -2.49. The molecule has 1 atom stereocenters. The second-order valence-electron chi connectivity index (χ2n) is 6.21. The van der Waals surface area contributed by atoms with E-state index in [4.69, 9.17) is 9.47 Å². The van der Waals surface area contributed by atoms with Gasteiger partial charge in [-0.1, -0.05) is 29.8 Å². The van der Waals surface area contributed by atoms with E-state index in [2.05, 4.69) is 15.5 Å². The van der Waals surface area contributed by atoms with Crippen molar-refractivity contribution in [3.8, 4) is 0 Å². The van der Waals surface area contributed by atoms with Crippen LogP contribution in [0.15, 0.2) is 35.5 Å². The van der Waals surface area contributed by atoms with Gasteiger partial charge in [-0.25, -0.2) is 9.59 Å². The second kappa shape index (κ2) is 7.67. The van der Waals surface area contributed by atoms with Gasteiger partial charge in [-0.3, -0.25) is 4.90 Å². The van der Waals surface area contributed by atoms with Crippen LogP contribution in [0.2, 0.25) is 0 Å². The Morgan fingerprint density at radius 1 is 1.28 bits per heavy atom. The Hall–Kier alpha value is -2.38. The number of hydrogen-bond donors (Lipinski definition) is 2. The summed E-state index contributed by atoms with van der Waals surface area (Å²) in [5, 5.41) is 5.62. The molecule has 2 N–H and O–H groups in total. The van der Waals surface area contributed by atoms with Crippen molar-refractivity contribution in [1.82, 2.24) is 15.5 Å². The Kier molecular flexibility index (Phi) is 5.35. The SMILES string of the molecule is COC(=O)C1=C(CN2CCOCC2)NC(=O)N[C@@H]1c1ccc(C)cc1. The number of carbonyl (C=O) groups is 2. The van der Waals surface area contributed by atoms with Gasteiger partial charge >= 0.3 is 12.0 Å². The summed E-state index contributed by atoms with van der Waals surface area (Å²) in [6, 6.07) is 6.90. The number of carbonyl (C=O) groups excluding carboxylic acids is 2. The average Bonchev–Trinajstić information content (AvgIpc) is 2.62. The summed E-state index contributed by atoms with van der Waals surface area (Å²) in [5.41, 5.74) is 2.99. The predicted octanol–water partition coefficient (Wildman–Crippen LogP) is 1.11. The number of ether oxygens (including phenoxy) is 2. The highest BCUT2D eigenvalue weighted by Gasteiger charge is 2.34. The van der Waals surface area contributed by atoms with Gasteiger partial charge in [0.15, 0.2) is 0 Å². The fourth-order valence-electron chi connectivity index (χ4n) is 3.09.